The highest BCUT2D eigenvalue weighted by atomic mass is 35.5. The summed E-state index contributed by atoms with van der Waals surface area (Å²) >= 11 is 6.24. The molecule has 0 aromatic heterocycles. The normalized spacial score (nSPS) is 16.1. The van der Waals surface area contributed by atoms with E-state index < -0.39 is 5.92 Å². The zero-order valence-electron chi connectivity index (χ0n) is 16.4. The van der Waals surface area contributed by atoms with Crippen molar-refractivity contribution >= 4 is 34.6 Å². The van der Waals surface area contributed by atoms with Crippen molar-refractivity contribution in [3.63, 3.8) is 0 Å². The Balaban J connectivity index is 1.80. The van der Waals surface area contributed by atoms with E-state index in [1.165, 1.54) is 5.56 Å². The molecule has 4 nitrogen and oxygen atoms in total. The molecule has 29 heavy (non-hydrogen) atoms. The van der Waals surface area contributed by atoms with E-state index in [9.17, 15) is 4.79 Å². The summed E-state index contributed by atoms with van der Waals surface area (Å²) in [6, 6.07) is 23.4. The Bertz CT molecular complexity index is 1070. The Morgan fingerprint density at radius 1 is 1.03 bits per heavy atom. The molecule has 0 bridgehead atoms. The zero-order valence-corrected chi connectivity index (χ0v) is 17.1. The van der Waals surface area contributed by atoms with Crippen LogP contribution in [0.15, 0.2) is 77.8 Å². The number of fused-ring (bicyclic) bond motifs is 1. The van der Waals surface area contributed by atoms with E-state index in [-0.39, 0.29) is 5.91 Å². The third-order valence-electron chi connectivity index (χ3n) is 4.87. The minimum absolute atomic E-state index is 0.0749. The van der Waals surface area contributed by atoms with Crippen molar-refractivity contribution in [3.05, 3.63) is 94.5 Å². The van der Waals surface area contributed by atoms with Crippen LogP contribution in [0.5, 0.6) is 0 Å². The van der Waals surface area contributed by atoms with Gasteiger partial charge in [0.05, 0.1) is 11.4 Å². The molecular formula is C24H22ClN3O. The van der Waals surface area contributed by atoms with Gasteiger partial charge < -0.3 is 10.2 Å². The van der Waals surface area contributed by atoms with Gasteiger partial charge in [0, 0.05) is 17.3 Å². The average molecular weight is 404 g/mol. The minimum atomic E-state index is -0.480. The van der Waals surface area contributed by atoms with Crippen molar-refractivity contribution in [1.29, 1.82) is 0 Å². The van der Waals surface area contributed by atoms with Gasteiger partial charge in [0.25, 0.3) is 0 Å². The Morgan fingerprint density at radius 3 is 2.52 bits per heavy atom. The number of nitrogens with one attached hydrogen (secondary N) is 1. The van der Waals surface area contributed by atoms with Gasteiger partial charge in [-0.1, -0.05) is 54.1 Å². The second-order valence-electron chi connectivity index (χ2n) is 7.42. The Kier molecular flexibility index (Phi) is 5.47. The Morgan fingerprint density at radius 2 is 1.79 bits per heavy atom. The van der Waals surface area contributed by atoms with Crippen LogP contribution in [-0.4, -0.2) is 30.6 Å². The SMILES string of the molecule is CN(C)Cc1ccc(N=C(c2cccc(Cl)c2)C2C(=O)Nc3ccccc32)cc1. The monoisotopic (exact) mass is 403 g/mol. The highest BCUT2D eigenvalue weighted by Gasteiger charge is 2.35. The number of hydrogen-bond acceptors (Lipinski definition) is 3. The summed E-state index contributed by atoms with van der Waals surface area (Å²) in [4.78, 5) is 19.9. The lowest BCUT2D eigenvalue weighted by molar-refractivity contribution is -0.115. The van der Waals surface area contributed by atoms with E-state index in [0.29, 0.717) is 10.7 Å². The molecular weight excluding hydrogens is 382 g/mol. The number of para-hydroxylation sites is 1. The summed E-state index contributed by atoms with van der Waals surface area (Å²) in [6.45, 7) is 0.865. The molecule has 0 saturated carbocycles. The van der Waals surface area contributed by atoms with Crippen LogP contribution >= 0.6 is 11.6 Å². The van der Waals surface area contributed by atoms with Crippen LogP contribution in [-0.2, 0) is 11.3 Å². The fraction of sp³-hybridized carbons (Fsp3) is 0.167. The van der Waals surface area contributed by atoms with E-state index >= 15 is 0 Å². The van der Waals surface area contributed by atoms with Gasteiger partial charge in [-0.3, -0.25) is 9.79 Å². The maximum absolute atomic E-state index is 12.9. The zero-order chi connectivity index (χ0) is 20.4. The molecule has 0 fully saturated rings. The van der Waals surface area contributed by atoms with Crippen LogP contribution in [0.1, 0.15) is 22.6 Å². The van der Waals surface area contributed by atoms with Gasteiger partial charge in [-0.2, -0.15) is 0 Å². The predicted octanol–water partition coefficient (Wildman–Crippen LogP) is 5.26. The van der Waals surface area contributed by atoms with Crippen LogP contribution in [0, 0.1) is 0 Å². The van der Waals surface area contributed by atoms with Crippen molar-refractivity contribution in [2.45, 2.75) is 12.5 Å². The molecule has 0 spiro atoms. The molecule has 1 unspecified atom stereocenters. The number of carbonyl (C=O) groups excluding carboxylic acids is 1. The first-order chi connectivity index (χ1) is 14.0. The summed E-state index contributed by atoms with van der Waals surface area (Å²) in [5, 5.41) is 3.58. The van der Waals surface area contributed by atoms with E-state index in [0.717, 1.165) is 29.0 Å². The number of hydrogen-bond donors (Lipinski definition) is 1. The second-order valence-corrected chi connectivity index (χ2v) is 7.86. The van der Waals surface area contributed by atoms with E-state index in [2.05, 4.69) is 22.3 Å². The molecule has 3 aromatic carbocycles. The number of halogens is 1. The fourth-order valence-corrected chi connectivity index (χ4v) is 3.79. The highest BCUT2D eigenvalue weighted by molar-refractivity contribution is 6.31. The summed E-state index contributed by atoms with van der Waals surface area (Å²) in [5.41, 5.74) is 5.31. The van der Waals surface area contributed by atoms with Crippen molar-refractivity contribution in [3.8, 4) is 0 Å². The maximum atomic E-state index is 12.9. The largest absolute Gasteiger partial charge is 0.325 e. The van der Waals surface area contributed by atoms with Crippen molar-refractivity contribution < 1.29 is 4.79 Å². The molecule has 146 valence electrons. The maximum Gasteiger partial charge on any atom is 0.238 e. The highest BCUT2D eigenvalue weighted by Crippen LogP contribution is 2.36. The van der Waals surface area contributed by atoms with Crippen molar-refractivity contribution in [2.24, 2.45) is 4.99 Å². The number of carbonyl (C=O) groups is 1. The first-order valence-electron chi connectivity index (χ1n) is 9.49. The van der Waals surface area contributed by atoms with Crippen LogP contribution in [0.4, 0.5) is 11.4 Å². The van der Waals surface area contributed by atoms with Gasteiger partial charge >= 0.3 is 0 Å². The van der Waals surface area contributed by atoms with Gasteiger partial charge in [-0.05, 0) is 61.1 Å². The molecule has 1 atom stereocenters. The first kappa shape index (κ1) is 19.4. The van der Waals surface area contributed by atoms with Gasteiger partial charge in [-0.15, -0.1) is 0 Å². The lowest BCUT2D eigenvalue weighted by Crippen LogP contribution is -2.22. The molecule has 1 aliphatic heterocycles. The fourth-order valence-electron chi connectivity index (χ4n) is 3.60. The molecule has 0 radical (unpaired) electrons. The summed E-state index contributed by atoms with van der Waals surface area (Å²) in [7, 11) is 4.08. The molecule has 3 aromatic rings. The Labute approximate surface area is 175 Å². The second kappa shape index (κ2) is 8.19. The Hall–Kier alpha value is -2.95. The number of aliphatic imine (C=N–C) groups is 1. The molecule has 0 saturated heterocycles. The topological polar surface area (TPSA) is 44.7 Å². The average Bonchev–Trinajstić information content (AvgIpc) is 3.02. The summed E-state index contributed by atoms with van der Waals surface area (Å²) in [5.74, 6) is -0.555. The van der Waals surface area contributed by atoms with Gasteiger partial charge in [0.2, 0.25) is 5.91 Å². The predicted molar refractivity (Wildman–Crippen MR) is 119 cm³/mol. The van der Waals surface area contributed by atoms with Crippen LogP contribution in [0.3, 0.4) is 0 Å². The minimum Gasteiger partial charge on any atom is -0.325 e. The molecule has 1 amide bonds. The molecule has 1 heterocycles. The lowest BCUT2D eigenvalue weighted by atomic mass is 9.90. The van der Waals surface area contributed by atoms with E-state index in [1.54, 1.807) is 0 Å². The molecule has 0 aliphatic carbocycles. The number of anilines is 1. The number of benzene rings is 3. The standard InChI is InChI=1S/C24H22ClN3O/c1-28(2)15-16-10-12-19(13-11-16)26-23(17-6-5-7-18(25)14-17)22-20-8-3-4-9-21(20)27-24(22)29/h3-14,22H,15H2,1-2H3,(H,27,29). The van der Waals surface area contributed by atoms with Crippen LogP contribution < -0.4 is 5.32 Å². The number of amides is 1. The van der Waals surface area contributed by atoms with Crippen LogP contribution in [0.2, 0.25) is 5.02 Å². The third kappa shape index (κ3) is 4.24. The molecule has 5 heteroatoms. The first-order valence-corrected chi connectivity index (χ1v) is 9.87. The molecule has 1 N–H and O–H groups in total. The third-order valence-corrected chi connectivity index (χ3v) is 5.11. The van der Waals surface area contributed by atoms with Gasteiger partial charge in [0.1, 0.15) is 5.92 Å². The summed E-state index contributed by atoms with van der Waals surface area (Å²) < 4.78 is 0. The number of rotatable bonds is 5. The summed E-state index contributed by atoms with van der Waals surface area (Å²) in [6.07, 6.45) is 0. The lowest BCUT2D eigenvalue weighted by Gasteiger charge is -2.14. The quantitative estimate of drug-likeness (QED) is 0.590. The smallest absolute Gasteiger partial charge is 0.238 e. The van der Waals surface area contributed by atoms with Gasteiger partial charge in [0.15, 0.2) is 0 Å². The number of nitrogens with zero attached hydrogens (tertiary/aromatic N) is 2. The molecule has 1 aliphatic rings. The van der Waals surface area contributed by atoms with Crippen molar-refractivity contribution in [2.75, 3.05) is 19.4 Å². The van der Waals surface area contributed by atoms with E-state index in [4.69, 9.17) is 16.6 Å². The van der Waals surface area contributed by atoms with Crippen LogP contribution in [0.25, 0.3) is 0 Å². The van der Waals surface area contributed by atoms with Crippen molar-refractivity contribution in [1.82, 2.24) is 4.90 Å². The van der Waals surface area contributed by atoms with Gasteiger partial charge in [-0.25, -0.2) is 0 Å². The molecule has 4 rings (SSSR count). The van der Waals surface area contributed by atoms with E-state index in [1.807, 2.05) is 74.8 Å².